The predicted molar refractivity (Wildman–Crippen MR) is 189 cm³/mol. The minimum Gasteiger partial charge on any atom is -0.494 e. The number of esters is 4. The first-order valence-corrected chi connectivity index (χ1v) is 17.3. The molecule has 0 atom stereocenters. The third kappa shape index (κ3) is 15.5. The Morgan fingerprint density at radius 1 is 0.518 bits per heavy atom. The van der Waals surface area contributed by atoms with Gasteiger partial charge in [0.15, 0.2) is 0 Å². The van der Waals surface area contributed by atoms with Gasteiger partial charge in [0, 0.05) is 25.0 Å². The molecular weight excluding hydrogens is 754 g/mol. The molecule has 0 aliphatic carbocycles. The van der Waals surface area contributed by atoms with Crippen molar-refractivity contribution < 1.29 is 73.9 Å². The number of hydrogen-bond acceptors (Lipinski definition) is 10. The molecule has 56 heavy (non-hydrogen) atoms. The number of carbonyl (C=O) groups is 4. The summed E-state index contributed by atoms with van der Waals surface area (Å²) < 4.78 is 116. The van der Waals surface area contributed by atoms with Crippen molar-refractivity contribution in [3.63, 3.8) is 0 Å². The van der Waals surface area contributed by atoms with Gasteiger partial charge >= 0.3 is 36.2 Å². The zero-order valence-electron chi connectivity index (χ0n) is 30.2. The third-order valence-corrected chi connectivity index (χ3v) is 7.66. The first kappa shape index (κ1) is 44.6. The molecule has 0 unspecified atom stereocenters. The standard InChI is InChI=1S/C40H40F6O10/c1-3-33(47)53-25-7-5-23-51-29-15-9-27(10-16-29)13-21-35(49)55-31-19-20-32(38(40(44,45)46)37(31)39(41,42)43)56-36(50)22-14-28-11-17-30(18-12-28)52-24-6-8-26-54-34(48)4-2/h3-4,9-12,15-20H,1-2,5-8,13-14,21-26H2. The van der Waals surface area contributed by atoms with Crippen LogP contribution in [-0.2, 0) is 53.8 Å². The van der Waals surface area contributed by atoms with Gasteiger partial charge in [-0.05, 0) is 86.1 Å². The topological polar surface area (TPSA) is 124 Å². The van der Waals surface area contributed by atoms with Gasteiger partial charge in [-0.25, -0.2) is 9.59 Å². The van der Waals surface area contributed by atoms with Crippen LogP contribution in [0.3, 0.4) is 0 Å². The SMILES string of the molecule is C=CC(=O)OCCCCOc1ccc(CCC(=O)Oc2ccc(OC(=O)CCc3ccc(OCCCCOC(=O)C=C)cc3)c(C(F)(F)F)c2C(F)(F)F)cc1. The van der Waals surface area contributed by atoms with E-state index in [1.54, 1.807) is 48.5 Å². The number of aryl methyl sites for hydroxylation is 2. The van der Waals surface area contributed by atoms with Gasteiger partial charge < -0.3 is 28.4 Å². The first-order chi connectivity index (χ1) is 26.6. The maximum absolute atomic E-state index is 14.2. The monoisotopic (exact) mass is 794 g/mol. The van der Waals surface area contributed by atoms with Crippen molar-refractivity contribution in [2.75, 3.05) is 26.4 Å². The highest BCUT2D eigenvalue weighted by Crippen LogP contribution is 2.49. The number of hydrogen-bond donors (Lipinski definition) is 0. The molecule has 0 aliphatic heterocycles. The van der Waals surface area contributed by atoms with E-state index in [-0.39, 0.29) is 26.1 Å². The largest absolute Gasteiger partial charge is 0.494 e. The molecule has 0 aliphatic rings. The summed E-state index contributed by atoms with van der Waals surface area (Å²) in [6.07, 6.45) is -7.86. The van der Waals surface area contributed by atoms with Gasteiger partial charge in [-0.2, -0.15) is 26.3 Å². The Labute approximate surface area is 319 Å². The average Bonchev–Trinajstić information content (AvgIpc) is 3.16. The van der Waals surface area contributed by atoms with E-state index in [0.717, 1.165) is 12.2 Å². The van der Waals surface area contributed by atoms with Crippen LogP contribution in [0.25, 0.3) is 0 Å². The molecule has 0 amide bonds. The van der Waals surface area contributed by atoms with E-state index in [0.29, 0.717) is 73.7 Å². The van der Waals surface area contributed by atoms with Crippen molar-refractivity contribution in [1.29, 1.82) is 0 Å². The molecule has 0 saturated carbocycles. The van der Waals surface area contributed by atoms with E-state index in [1.165, 1.54) is 0 Å². The zero-order valence-corrected chi connectivity index (χ0v) is 30.2. The molecular formula is C40H40F6O10. The highest BCUT2D eigenvalue weighted by molar-refractivity contribution is 5.81. The number of alkyl halides is 6. The molecule has 302 valence electrons. The highest BCUT2D eigenvalue weighted by atomic mass is 19.4. The smallest absolute Gasteiger partial charge is 0.420 e. The van der Waals surface area contributed by atoms with Crippen LogP contribution in [0.15, 0.2) is 86.0 Å². The van der Waals surface area contributed by atoms with Crippen LogP contribution in [0.2, 0.25) is 0 Å². The van der Waals surface area contributed by atoms with Crippen LogP contribution in [0.5, 0.6) is 23.0 Å². The quantitative estimate of drug-likeness (QED) is 0.0321. The fourth-order valence-electron chi connectivity index (χ4n) is 4.89. The Hall–Kier alpha value is -5.80. The van der Waals surface area contributed by atoms with Gasteiger partial charge in [-0.1, -0.05) is 37.4 Å². The lowest BCUT2D eigenvalue weighted by Crippen LogP contribution is -2.22. The van der Waals surface area contributed by atoms with E-state index in [1.807, 2.05) is 0 Å². The van der Waals surface area contributed by atoms with Gasteiger partial charge in [-0.3, -0.25) is 9.59 Å². The lowest BCUT2D eigenvalue weighted by molar-refractivity contribution is -0.165. The Balaban J connectivity index is 1.56. The first-order valence-electron chi connectivity index (χ1n) is 17.3. The van der Waals surface area contributed by atoms with Crippen molar-refractivity contribution in [2.45, 2.75) is 63.7 Å². The van der Waals surface area contributed by atoms with Crippen LogP contribution in [-0.4, -0.2) is 50.3 Å². The molecule has 0 fully saturated rings. The molecule has 0 radical (unpaired) electrons. The molecule has 10 nitrogen and oxygen atoms in total. The molecule has 3 rings (SSSR count). The summed E-state index contributed by atoms with van der Waals surface area (Å²) in [7, 11) is 0. The summed E-state index contributed by atoms with van der Waals surface area (Å²) in [6, 6.07) is 13.8. The summed E-state index contributed by atoms with van der Waals surface area (Å²) in [5.74, 6) is -5.31. The Bertz CT molecular complexity index is 1650. The minimum absolute atomic E-state index is 0.0106. The van der Waals surface area contributed by atoms with E-state index < -0.39 is 71.7 Å². The molecule has 3 aromatic rings. The van der Waals surface area contributed by atoms with Gasteiger partial charge in [0.05, 0.1) is 26.4 Å². The second-order valence-corrected chi connectivity index (χ2v) is 11.9. The molecule has 0 aromatic heterocycles. The van der Waals surface area contributed by atoms with Crippen molar-refractivity contribution in [3.05, 3.63) is 108 Å². The molecule has 16 heteroatoms. The van der Waals surface area contributed by atoms with Gasteiger partial charge in [0.1, 0.15) is 34.1 Å². The lowest BCUT2D eigenvalue weighted by Gasteiger charge is -2.21. The second-order valence-electron chi connectivity index (χ2n) is 11.9. The Kier molecular flexibility index (Phi) is 17.5. The molecule has 0 bridgehead atoms. The van der Waals surface area contributed by atoms with Crippen LogP contribution in [0.1, 0.15) is 60.8 Å². The number of benzene rings is 3. The number of unbranched alkanes of at least 4 members (excludes halogenated alkanes) is 2. The Morgan fingerprint density at radius 3 is 1.18 bits per heavy atom. The van der Waals surface area contributed by atoms with Gasteiger partial charge in [0.2, 0.25) is 0 Å². The summed E-state index contributed by atoms with van der Waals surface area (Å²) >= 11 is 0. The second kappa shape index (κ2) is 21.9. The maximum Gasteiger partial charge on any atom is 0.420 e. The minimum atomic E-state index is -5.66. The lowest BCUT2D eigenvalue weighted by atomic mass is 10.0. The van der Waals surface area contributed by atoms with E-state index in [9.17, 15) is 45.5 Å². The maximum atomic E-state index is 14.2. The fraction of sp³-hybridized carbons (Fsp3) is 0.350. The molecule has 0 N–H and O–H groups in total. The fourth-order valence-corrected chi connectivity index (χ4v) is 4.89. The van der Waals surface area contributed by atoms with E-state index in [2.05, 4.69) is 13.2 Å². The van der Waals surface area contributed by atoms with Gasteiger partial charge in [-0.15, -0.1) is 0 Å². The highest BCUT2D eigenvalue weighted by Gasteiger charge is 2.49. The van der Waals surface area contributed by atoms with Crippen LogP contribution >= 0.6 is 0 Å². The molecule has 3 aromatic carbocycles. The van der Waals surface area contributed by atoms with Crippen LogP contribution in [0.4, 0.5) is 26.3 Å². The number of carbonyl (C=O) groups excluding carboxylic acids is 4. The number of ether oxygens (including phenoxy) is 6. The van der Waals surface area contributed by atoms with Crippen molar-refractivity contribution in [2.24, 2.45) is 0 Å². The van der Waals surface area contributed by atoms with E-state index >= 15 is 0 Å². The third-order valence-electron chi connectivity index (χ3n) is 7.66. The molecule has 0 saturated heterocycles. The number of rotatable bonds is 22. The van der Waals surface area contributed by atoms with Crippen LogP contribution in [0, 0.1) is 0 Å². The Morgan fingerprint density at radius 2 is 0.857 bits per heavy atom. The van der Waals surface area contributed by atoms with E-state index in [4.69, 9.17) is 28.4 Å². The predicted octanol–water partition coefficient (Wildman–Crippen LogP) is 8.58. The summed E-state index contributed by atoms with van der Waals surface area (Å²) in [4.78, 5) is 47.2. The van der Waals surface area contributed by atoms with Crippen molar-refractivity contribution >= 4 is 23.9 Å². The normalized spacial score (nSPS) is 11.2. The van der Waals surface area contributed by atoms with Crippen LogP contribution < -0.4 is 18.9 Å². The summed E-state index contributed by atoms with van der Waals surface area (Å²) in [6.45, 7) is 7.66. The van der Waals surface area contributed by atoms with Crippen molar-refractivity contribution in [3.8, 4) is 23.0 Å². The van der Waals surface area contributed by atoms with Gasteiger partial charge in [0.25, 0.3) is 0 Å². The zero-order chi connectivity index (χ0) is 41.1. The number of halogens is 6. The average molecular weight is 795 g/mol. The summed E-state index contributed by atoms with van der Waals surface area (Å²) in [5.41, 5.74) is -3.47. The molecule has 0 heterocycles. The summed E-state index contributed by atoms with van der Waals surface area (Å²) in [5, 5.41) is 0. The molecule has 0 spiro atoms. The van der Waals surface area contributed by atoms with Crippen molar-refractivity contribution in [1.82, 2.24) is 0 Å².